The van der Waals surface area contributed by atoms with Gasteiger partial charge in [-0.1, -0.05) is 12.1 Å². The molecule has 88 valence electrons. The molecule has 2 rings (SSSR count). The second kappa shape index (κ2) is 4.34. The standard InChI is InChI=1S/C13H20N2O/c1-10-5-3-6-11(14)12(10)15-9-13(2)7-4-8-16-13/h3,5-6,15H,4,7-9,14H2,1-2H3. The largest absolute Gasteiger partial charge is 0.397 e. The van der Waals surface area contributed by atoms with E-state index in [1.54, 1.807) is 0 Å². The van der Waals surface area contributed by atoms with Crippen molar-refractivity contribution < 1.29 is 4.74 Å². The van der Waals surface area contributed by atoms with E-state index < -0.39 is 0 Å². The Hall–Kier alpha value is -1.22. The lowest BCUT2D eigenvalue weighted by atomic mass is 10.0. The molecule has 0 radical (unpaired) electrons. The summed E-state index contributed by atoms with van der Waals surface area (Å²) in [6.45, 7) is 5.92. The summed E-state index contributed by atoms with van der Waals surface area (Å²) < 4.78 is 5.74. The monoisotopic (exact) mass is 220 g/mol. The Labute approximate surface area is 97.0 Å². The van der Waals surface area contributed by atoms with Crippen LogP contribution in [0.2, 0.25) is 0 Å². The predicted octanol–water partition coefficient (Wildman–Crippen LogP) is 2.56. The molecule has 1 fully saturated rings. The van der Waals surface area contributed by atoms with E-state index in [-0.39, 0.29) is 5.60 Å². The zero-order valence-electron chi connectivity index (χ0n) is 10.0. The summed E-state index contributed by atoms with van der Waals surface area (Å²) in [6, 6.07) is 5.97. The van der Waals surface area contributed by atoms with Gasteiger partial charge in [0.05, 0.1) is 17.0 Å². The third-order valence-corrected chi connectivity index (χ3v) is 3.24. The van der Waals surface area contributed by atoms with Gasteiger partial charge in [0.25, 0.3) is 0 Å². The number of nitrogens with one attached hydrogen (secondary N) is 1. The van der Waals surface area contributed by atoms with E-state index in [0.717, 1.165) is 37.4 Å². The summed E-state index contributed by atoms with van der Waals surface area (Å²) in [7, 11) is 0. The summed E-state index contributed by atoms with van der Waals surface area (Å²) >= 11 is 0. The van der Waals surface area contributed by atoms with Gasteiger partial charge >= 0.3 is 0 Å². The third kappa shape index (κ3) is 2.30. The number of benzene rings is 1. The van der Waals surface area contributed by atoms with E-state index in [1.807, 2.05) is 12.1 Å². The molecule has 3 N–H and O–H groups in total. The molecule has 0 amide bonds. The van der Waals surface area contributed by atoms with Crippen LogP contribution in [0.3, 0.4) is 0 Å². The Morgan fingerprint density at radius 3 is 2.94 bits per heavy atom. The lowest BCUT2D eigenvalue weighted by Crippen LogP contribution is -2.32. The molecule has 0 bridgehead atoms. The lowest BCUT2D eigenvalue weighted by molar-refractivity contribution is 0.0315. The average Bonchev–Trinajstić information content (AvgIpc) is 2.65. The van der Waals surface area contributed by atoms with Gasteiger partial charge in [0, 0.05) is 13.2 Å². The lowest BCUT2D eigenvalue weighted by Gasteiger charge is -2.25. The van der Waals surface area contributed by atoms with E-state index >= 15 is 0 Å². The number of nitrogens with two attached hydrogens (primary N) is 1. The highest BCUT2D eigenvalue weighted by Gasteiger charge is 2.29. The van der Waals surface area contributed by atoms with Crippen molar-refractivity contribution in [1.29, 1.82) is 0 Å². The molecule has 1 saturated heterocycles. The summed E-state index contributed by atoms with van der Waals surface area (Å²) in [5.41, 5.74) is 8.94. The molecule has 1 aliphatic heterocycles. The number of aryl methyl sites for hydroxylation is 1. The summed E-state index contributed by atoms with van der Waals surface area (Å²) in [4.78, 5) is 0. The summed E-state index contributed by atoms with van der Waals surface area (Å²) in [5, 5.41) is 3.41. The van der Waals surface area contributed by atoms with E-state index in [4.69, 9.17) is 10.5 Å². The number of hydrogen-bond donors (Lipinski definition) is 2. The molecule has 1 aromatic rings. The maximum Gasteiger partial charge on any atom is 0.0826 e. The van der Waals surface area contributed by atoms with E-state index in [2.05, 4.69) is 25.2 Å². The molecule has 0 aliphatic carbocycles. The molecule has 1 heterocycles. The highest BCUT2D eigenvalue weighted by atomic mass is 16.5. The molecule has 0 aromatic heterocycles. The minimum absolute atomic E-state index is 0.0330. The first kappa shape index (κ1) is 11.3. The molecule has 3 nitrogen and oxygen atoms in total. The van der Waals surface area contributed by atoms with Gasteiger partial charge in [-0.3, -0.25) is 0 Å². The fraction of sp³-hybridized carbons (Fsp3) is 0.538. The molecule has 16 heavy (non-hydrogen) atoms. The van der Waals surface area contributed by atoms with Crippen LogP contribution in [0.5, 0.6) is 0 Å². The van der Waals surface area contributed by atoms with Crippen LogP contribution in [0.25, 0.3) is 0 Å². The Morgan fingerprint density at radius 2 is 2.31 bits per heavy atom. The second-order valence-electron chi connectivity index (χ2n) is 4.79. The number of para-hydroxylation sites is 1. The van der Waals surface area contributed by atoms with Crippen LogP contribution in [-0.2, 0) is 4.74 Å². The first-order chi connectivity index (χ1) is 7.61. The zero-order chi connectivity index (χ0) is 11.6. The minimum atomic E-state index is -0.0330. The van der Waals surface area contributed by atoms with Crippen LogP contribution < -0.4 is 11.1 Å². The fourth-order valence-corrected chi connectivity index (χ4v) is 2.18. The van der Waals surface area contributed by atoms with Gasteiger partial charge in [0.2, 0.25) is 0 Å². The number of rotatable bonds is 3. The van der Waals surface area contributed by atoms with Gasteiger partial charge in [0.1, 0.15) is 0 Å². The second-order valence-corrected chi connectivity index (χ2v) is 4.79. The smallest absolute Gasteiger partial charge is 0.0826 e. The van der Waals surface area contributed by atoms with Gasteiger partial charge in [0.15, 0.2) is 0 Å². The topological polar surface area (TPSA) is 47.3 Å². The summed E-state index contributed by atoms with van der Waals surface area (Å²) in [6.07, 6.45) is 2.27. The maximum atomic E-state index is 5.95. The Balaban J connectivity index is 2.04. The van der Waals surface area contributed by atoms with E-state index in [0.29, 0.717) is 0 Å². The number of nitrogen functional groups attached to an aromatic ring is 1. The van der Waals surface area contributed by atoms with Gasteiger partial charge < -0.3 is 15.8 Å². The SMILES string of the molecule is Cc1cccc(N)c1NCC1(C)CCCO1. The van der Waals surface area contributed by atoms with Crippen molar-refractivity contribution in [2.45, 2.75) is 32.3 Å². The molecule has 0 saturated carbocycles. The number of hydrogen-bond acceptors (Lipinski definition) is 3. The molecule has 1 unspecified atom stereocenters. The molecule has 3 heteroatoms. The Kier molecular flexibility index (Phi) is 3.06. The van der Waals surface area contributed by atoms with Gasteiger partial charge in [-0.05, 0) is 38.3 Å². The maximum absolute atomic E-state index is 5.95. The minimum Gasteiger partial charge on any atom is -0.397 e. The molecule has 1 aromatic carbocycles. The van der Waals surface area contributed by atoms with Crippen molar-refractivity contribution in [3.8, 4) is 0 Å². The van der Waals surface area contributed by atoms with Crippen molar-refractivity contribution in [1.82, 2.24) is 0 Å². The van der Waals surface area contributed by atoms with Crippen LogP contribution in [0.4, 0.5) is 11.4 Å². The summed E-state index contributed by atoms with van der Waals surface area (Å²) in [5.74, 6) is 0. The quantitative estimate of drug-likeness (QED) is 0.770. The fourth-order valence-electron chi connectivity index (χ4n) is 2.18. The van der Waals surface area contributed by atoms with Crippen molar-refractivity contribution in [3.63, 3.8) is 0 Å². The average molecular weight is 220 g/mol. The van der Waals surface area contributed by atoms with Crippen molar-refractivity contribution >= 4 is 11.4 Å². The molecule has 1 aliphatic rings. The highest BCUT2D eigenvalue weighted by Crippen LogP contribution is 2.28. The van der Waals surface area contributed by atoms with Crippen LogP contribution in [0, 0.1) is 6.92 Å². The predicted molar refractivity (Wildman–Crippen MR) is 67.7 cm³/mol. The van der Waals surface area contributed by atoms with Gasteiger partial charge in [-0.15, -0.1) is 0 Å². The highest BCUT2D eigenvalue weighted by molar-refractivity contribution is 5.69. The Bertz CT molecular complexity index is 350. The van der Waals surface area contributed by atoms with Crippen molar-refractivity contribution in [2.24, 2.45) is 0 Å². The third-order valence-electron chi connectivity index (χ3n) is 3.24. The number of anilines is 2. The molecule has 0 spiro atoms. The van der Waals surface area contributed by atoms with Crippen molar-refractivity contribution in [2.75, 3.05) is 24.2 Å². The van der Waals surface area contributed by atoms with Gasteiger partial charge in [-0.2, -0.15) is 0 Å². The Morgan fingerprint density at radius 1 is 1.50 bits per heavy atom. The van der Waals surface area contributed by atoms with E-state index in [9.17, 15) is 0 Å². The van der Waals surface area contributed by atoms with Crippen LogP contribution in [0.1, 0.15) is 25.3 Å². The van der Waals surface area contributed by atoms with Crippen molar-refractivity contribution in [3.05, 3.63) is 23.8 Å². The van der Waals surface area contributed by atoms with Crippen LogP contribution >= 0.6 is 0 Å². The molecular formula is C13H20N2O. The number of ether oxygens (including phenoxy) is 1. The molecular weight excluding hydrogens is 200 g/mol. The first-order valence-electron chi connectivity index (χ1n) is 5.84. The van der Waals surface area contributed by atoms with Crippen LogP contribution in [0.15, 0.2) is 18.2 Å². The van der Waals surface area contributed by atoms with Gasteiger partial charge in [-0.25, -0.2) is 0 Å². The van der Waals surface area contributed by atoms with E-state index in [1.165, 1.54) is 5.56 Å². The first-order valence-corrected chi connectivity index (χ1v) is 5.84. The molecule has 1 atom stereocenters. The zero-order valence-corrected chi connectivity index (χ0v) is 10.0. The normalized spacial score (nSPS) is 24.6. The van der Waals surface area contributed by atoms with Crippen LogP contribution in [-0.4, -0.2) is 18.8 Å².